The Bertz CT molecular complexity index is 382. The minimum Gasteiger partial charge on any atom is -0.396 e. The first-order valence-electron chi connectivity index (χ1n) is 6.58. The van der Waals surface area contributed by atoms with Gasteiger partial charge in [-0.1, -0.05) is 6.92 Å². The molecule has 0 amide bonds. The average Bonchev–Trinajstić information content (AvgIpc) is 2.40. The summed E-state index contributed by atoms with van der Waals surface area (Å²) in [5, 5.41) is 9.49. The van der Waals surface area contributed by atoms with Gasteiger partial charge in [-0.3, -0.25) is 4.90 Å². The summed E-state index contributed by atoms with van der Waals surface area (Å²) in [6, 6.07) is 1.70. The fourth-order valence-electron chi connectivity index (χ4n) is 2.50. The van der Waals surface area contributed by atoms with Gasteiger partial charge < -0.3 is 10.8 Å². The second-order valence-corrected chi connectivity index (χ2v) is 5.19. The molecule has 3 N–H and O–H groups in total. The van der Waals surface area contributed by atoms with Crippen LogP contribution in [0.4, 0.5) is 5.82 Å². The van der Waals surface area contributed by atoms with Crippen molar-refractivity contribution in [2.45, 2.75) is 32.7 Å². The van der Waals surface area contributed by atoms with Crippen molar-refractivity contribution in [2.24, 2.45) is 5.41 Å². The highest BCUT2D eigenvalue weighted by Crippen LogP contribution is 2.34. The number of hydrogen-bond donors (Lipinski definition) is 2. The van der Waals surface area contributed by atoms with Crippen molar-refractivity contribution in [3.63, 3.8) is 0 Å². The lowest BCUT2D eigenvalue weighted by molar-refractivity contribution is 0.0374. The third-order valence-corrected chi connectivity index (χ3v) is 4.09. The van der Waals surface area contributed by atoms with Crippen LogP contribution in [0.25, 0.3) is 0 Å². The van der Waals surface area contributed by atoms with Crippen LogP contribution in [0.3, 0.4) is 0 Å². The maximum atomic E-state index is 9.49. The molecule has 0 radical (unpaired) electrons. The molecule has 0 aliphatic carbocycles. The predicted molar refractivity (Wildman–Crippen MR) is 70.8 cm³/mol. The topological polar surface area (TPSA) is 75.3 Å². The molecule has 0 bridgehead atoms. The normalized spacial score (nSPS) is 19.9. The summed E-state index contributed by atoms with van der Waals surface area (Å²) in [5.41, 5.74) is 5.78. The molecule has 1 aliphatic rings. The summed E-state index contributed by atoms with van der Waals surface area (Å²) >= 11 is 0. The lowest BCUT2D eigenvalue weighted by Gasteiger charge is -2.39. The molecule has 5 heteroatoms. The zero-order chi connectivity index (χ0) is 13.0. The number of aliphatic hydroxyl groups is 1. The number of aliphatic hydroxyl groups excluding tert-OH is 1. The van der Waals surface area contributed by atoms with E-state index in [0.29, 0.717) is 12.4 Å². The smallest absolute Gasteiger partial charge is 0.144 e. The van der Waals surface area contributed by atoms with E-state index < -0.39 is 0 Å². The summed E-state index contributed by atoms with van der Waals surface area (Å²) in [7, 11) is 0. The van der Waals surface area contributed by atoms with Crippen LogP contribution < -0.4 is 5.73 Å². The van der Waals surface area contributed by atoms with Crippen molar-refractivity contribution >= 4 is 5.82 Å². The fourth-order valence-corrected chi connectivity index (χ4v) is 2.50. The van der Waals surface area contributed by atoms with Gasteiger partial charge in [0.2, 0.25) is 0 Å². The van der Waals surface area contributed by atoms with Gasteiger partial charge in [0.15, 0.2) is 0 Å². The fraction of sp³-hybridized carbons (Fsp3) is 0.692. The number of likely N-dealkylation sites (tertiary alicyclic amines) is 1. The minimum absolute atomic E-state index is 0.132. The van der Waals surface area contributed by atoms with Gasteiger partial charge in [-0.15, -0.1) is 0 Å². The maximum absolute atomic E-state index is 9.49. The Labute approximate surface area is 108 Å². The monoisotopic (exact) mass is 250 g/mol. The van der Waals surface area contributed by atoms with E-state index in [4.69, 9.17) is 5.73 Å². The molecule has 1 aromatic rings. The van der Waals surface area contributed by atoms with E-state index in [1.807, 2.05) is 0 Å². The van der Waals surface area contributed by atoms with Crippen LogP contribution >= 0.6 is 0 Å². The minimum atomic E-state index is 0.132. The van der Waals surface area contributed by atoms with Crippen molar-refractivity contribution in [1.82, 2.24) is 14.9 Å². The van der Waals surface area contributed by atoms with Crippen molar-refractivity contribution < 1.29 is 5.11 Å². The molecule has 2 heterocycles. The molecular formula is C13H22N4O. The van der Waals surface area contributed by atoms with E-state index in [1.165, 1.54) is 0 Å². The lowest BCUT2D eigenvalue weighted by atomic mass is 9.77. The second-order valence-electron chi connectivity index (χ2n) is 5.19. The van der Waals surface area contributed by atoms with Crippen molar-refractivity contribution in [3.05, 3.63) is 18.1 Å². The van der Waals surface area contributed by atoms with Gasteiger partial charge in [0.25, 0.3) is 0 Å². The molecule has 0 spiro atoms. The standard InChI is InChI=1S/C13H22N4O/c1-2-13(10-18)4-7-17(8-5-13)9-12-15-6-3-11(14)16-12/h3,6,18H,2,4-5,7-10H2,1H3,(H2,14,15,16). The van der Waals surface area contributed by atoms with E-state index in [1.54, 1.807) is 12.3 Å². The van der Waals surface area contributed by atoms with Crippen LogP contribution in [0.2, 0.25) is 0 Å². The number of nitrogens with zero attached hydrogens (tertiary/aromatic N) is 3. The SMILES string of the molecule is CCC1(CO)CCN(Cc2nccc(N)n2)CC1. The number of piperidine rings is 1. The largest absolute Gasteiger partial charge is 0.396 e. The van der Waals surface area contributed by atoms with Crippen molar-refractivity contribution in [2.75, 3.05) is 25.4 Å². The zero-order valence-corrected chi connectivity index (χ0v) is 11.0. The van der Waals surface area contributed by atoms with E-state index in [9.17, 15) is 5.11 Å². The van der Waals surface area contributed by atoms with Gasteiger partial charge in [0, 0.05) is 12.8 Å². The van der Waals surface area contributed by atoms with Crippen molar-refractivity contribution in [1.29, 1.82) is 0 Å². The molecule has 1 aliphatic heterocycles. The lowest BCUT2D eigenvalue weighted by Crippen LogP contribution is -2.41. The number of rotatable bonds is 4. The number of aromatic nitrogens is 2. The Hall–Kier alpha value is -1.20. The highest BCUT2D eigenvalue weighted by Gasteiger charge is 2.32. The molecule has 0 atom stereocenters. The molecule has 2 rings (SSSR count). The molecule has 0 unspecified atom stereocenters. The van der Waals surface area contributed by atoms with Crippen LogP contribution in [0.15, 0.2) is 12.3 Å². The molecule has 5 nitrogen and oxygen atoms in total. The maximum Gasteiger partial charge on any atom is 0.144 e. The first-order chi connectivity index (χ1) is 8.67. The highest BCUT2D eigenvalue weighted by molar-refractivity contribution is 5.24. The summed E-state index contributed by atoms with van der Waals surface area (Å²) < 4.78 is 0. The molecule has 0 aromatic carbocycles. The van der Waals surface area contributed by atoms with Crippen LogP contribution in [-0.4, -0.2) is 39.7 Å². The van der Waals surface area contributed by atoms with Crippen LogP contribution in [-0.2, 0) is 6.54 Å². The quantitative estimate of drug-likeness (QED) is 0.835. The first-order valence-corrected chi connectivity index (χ1v) is 6.58. The zero-order valence-electron chi connectivity index (χ0n) is 11.0. The Morgan fingerprint density at radius 2 is 2.17 bits per heavy atom. The Morgan fingerprint density at radius 3 is 2.72 bits per heavy atom. The second kappa shape index (κ2) is 5.63. The van der Waals surface area contributed by atoms with E-state index in [-0.39, 0.29) is 5.41 Å². The van der Waals surface area contributed by atoms with E-state index in [2.05, 4.69) is 21.8 Å². The number of nitrogens with two attached hydrogens (primary N) is 1. The molecular weight excluding hydrogens is 228 g/mol. The predicted octanol–water partition coefficient (Wildman–Crippen LogP) is 1.04. The van der Waals surface area contributed by atoms with E-state index >= 15 is 0 Å². The average molecular weight is 250 g/mol. The van der Waals surface area contributed by atoms with Gasteiger partial charge in [-0.2, -0.15) is 0 Å². The van der Waals surface area contributed by atoms with Gasteiger partial charge in [0.05, 0.1) is 6.54 Å². The molecule has 0 saturated carbocycles. The molecule has 100 valence electrons. The number of nitrogen functional groups attached to an aromatic ring is 1. The molecule has 1 aromatic heterocycles. The van der Waals surface area contributed by atoms with Gasteiger partial charge in [0.1, 0.15) is 11.6 Å². The third kappa shape index (κ3) is 2.97. The number of hydrogen-bond acceptors (Lipinski definition) is 5. The van der Waals surface area contributed by atoms with Gasteiger partial charge in [-0.05, 0) is 43.8 Å². The summed E-state index contributed by atoms with van der Waals surface area (Å²) in [5.74, 6) is 1.30. The Morgan fingerprint density at radius 1 is 1.44 bits per heavy atom. The third-order valence-electron chi connectivity index (χ3n) is 4.09. The molecule has 1 saturated heterocycles. The number of anilines is 1. The Balaban J connectivity index is 1.91. The molecule has 18 heavy (non-hydrogen) atoms. The van der Waals surface area contributed by atoms with E-state index in [0.717, 1.165) is 44.7 Å². The summed E-state index contributed by atoms with van der Waals surface area (Å²) in [4.78, 5) is 10.8. The Kier molecular flexibility index (Phi) is 4.14. The first kappa shape index (κ1) is 13.2. The van der Waals surface area contributed by atoms with Gasteiger partial charge in [-0.25, -0.2) is 9.97 Å². The van der Waals surface area contributed by atoms with Crippen LogP contribution in [0.5, 0.6) is 0 Å². The summed E-state index contributed by atoms with van der Waals surface area (Å²) in [6.45, 7) is 5.19. The summed E-state index contributed by atoms with van der Waals surface area (Å²) in [6.07, 6.45) is 4.84. The van der Waals surface area contributed by atoms with Crippen LogP contribution in [0, 0.1) is 5.41 Å². The van der Waals surface area contributed by atoms with Gasteiger partial charge >= 0.3 is 0 Å². The highest BCUT2D eigenvalue weighted by atomic mass is 16.3. The molecule has 1 fully saturated rings. The van der Waals surface area contributed by atoms with Crippen molar-refractivity contribution in [3.8, 4) is 0 Å². The van der Waals surface area contributed by atoms with Crippen LogP contribution in [0.1, 0.15) is 32.0 Å².